The van der Waals surface area contributed by atoms with E-state index in [0.717, 1.165) is 37.2 Å². The van der Waals surface area contributed by atoms with Crippen molar-refractivity contribution in [3.05, 3.63) is 29.8 Å². The lowest BCUT2D eigenvalue weighted by molar-refractivity contribution is -0.138. The maximum Gasteiger partial charge on any atom is 0.248 e. The molecule has 0 unspecified atom stereocenters. The summed E-state index contributed by atoms with van der Waals surface area (Å²) in [7, 11) is 3.83. The van der Waals surface area contributed by atoms with Crippen LogP contribution in [0.3, 0.4) is 0 Å². The van der Waals surface area contributed by atoms with Gasteiger partial charge in [-0.05, 0) is 57.0 Å². The van der Waals surface area contributed by atoms with Gasteiger partial charge in [0.25, 0.3) is 0 Å². The fourth-order valence-electron chi connectivity index (χ4n) is 4.03. The minimum Gasteiger partial charge on any atom is -0.497 e. The number of likely N-dealkylation sites (tertiary alicyclic amines) is 2. The minimum atomic E-state index is 0.126. The molecular weight excluding hydrogens is 304 g/mol. The van der Waals surface area contributed by atoms with Gasteiger partial charge in [-0.15, -0.1) is 0 Å². The summed E-state index contributed by atoms with van der Waals surface area (Å²) in [6, 6.07) is 8.66. The molecule has 0 N–H and O–H groups in total. The van der Waals surface area contributed by atoms with E-state index in [1.807, 2.05) is 24.3 Å². The first-order valence-corrected chi connectivity index (χ1v) is 8.89. The average molecular weight is 332 g/mol. The molecule has 2 heterocycles. The van der Waals surface area contributed by atoms with E-state index < -0.39 is 0 Å². The largest absolute Gasteiger partial charge is 0.497 e. The molecule has 0 aliphatic carbocycles. The Labute approximate surface area is 144 Å². The molecule has 1 aromatic carbocycles. The Morgan fingerprint density at radius 1 is 1.21 bits per heavy atom. The Morgan fingerprint density at radius 2 is 2.00 bits per heavy atom. The first-order valence-electron chi connectivity index (χ1n) is 8.89. The predicted octanol–water partition coefficient (Wildman–Crippen LogP) is 2.30. The Kier molecular flexibility index (Phi) is 5.74. The lowest BCUT2D eigenvalue weighted by Gasteiger charge is -2.33. The van der Waals surface area contributed by atoms with Gasteiger partial charge in [-0.25, -0.2) is 0 Å². The number of benzene rings is 1. The molecule has 5 heteroatoms. The molecule has 2 fully saturated rings. The number of rotatable bonds is 6. The molecule has 132 valence electrons. The first-order chi connectivity index (χ1) is 11.7. The van der Waals surface area contributed by atoms with Crippen LogP contribution in [0, 0.1) is 0 Å². The Bertz CT molecular complexity index is 563. The van der Waals surface area contributed by atoms with Crippen molar-refractivity contribution >= 4 is 5.91 Å². The van der Waals surface area contributed by atoms with Crippen LogP contribution in [0.25, 0.3) is 0 Å². The number of nitrogens with zero attached hydrogens (tertiary/aromatic N) is 2. The predicted molar refractivity (Wildman–Crippen MR) is 93.0 cm³/mol. The van der Waals surface area contributed by atoms with E-state index in [-0.39, 0.29) is 12.5 Å². The first kappa shape index (κ1) is 17.2. The van der Waals surface area contributed by atoms with Crippen LogP contribution >= 0.6 is 0 Å². The number of hydrogen-bond donors (Lipinski definition) is 0. The smallest absolute Gasteiger partial charge is 0.248 e. The van der Waals surface area contributed by atoms with E-state index >= 15 is 0 Å². The van der Waals surface area contributed by atoms with Crippen molar-refractivity contribution in [3.8, 4) is 5.75 Å². The number of hydrogen-bond acceptors (Lipinski definition) is 4. The summed E-state index contributed by atoms with van der Waals surface area (Å²) in [5, 5.41) is 0. The Hall–Kier alpha value is -1.59. The van der Waals surface area contributed by atoms with Gasteiger partial charge >= 0.3 is 0 Å². The molecule has 2 aliphatic heterocycles. The highest BCUT2D eigenvalue weighted by molar-refractivity contribution is 5.78. The molecule has 2 saturated heterocycles. The third-order valence-electron chi connectivity index (χ3n) is 5.27. The number of methoxy groups -OCH3 is 1. The van der Waals surface area contributed by atoms with Gasteiger partial charge in [0.05, 0.1) is 13.7 Å². The van der Waals surface area contributed by atoms with E-state index in [4.69, 9.17) is 9.47 Å². The molecule has 0 aromatic heterocycles. The normalized spacial score (nSPS) is 24.5. The summed E-state index contributed by atoms with van der Waals surface area (Å²) in [5.41, 5.74) is 1.02. The van der Waals surface area contributed by atoms with Crippen LogP contribution in [0.4, 0.5) is 0 Å². The van der Waals surface area contributed by atoms with Gasteiger partial charge in [0.1, 0.15) is 12.4 Å². The van der Waals surface area contributed by atoms with Crippen LogP contribution in [0.1, 0.15) is 31.2 Å². The van der Waals surface area contributed by atoms with E-state index in [1.165, 1.54) is 12.8 Å². The van der Waals surface area contributed by atoms with Crippen molar-refractivity contribution in [3.63, 3.8) is 0 Å². The van der Waals surface area contributed by atoms with Crippen LogP contribution in [-0.2, 0) is 16.1 Å². The molecule has 1 amide bonds. The van der Waals surface area contributed by atoms with Gasteiger partial charge in [0.15, 0.2) is 0 Å². The topological polar surface area (TPSA) is 42.0 Å². The molecule has 0 radical (unpaired) electrons. The molecule has 5 nitrogen and oxygen atoms in total. The van der Waals surface area contributed by atoms with Crippen LogP contribution in [0.5, 0.6) is 5.75 Å². The second-order valence-corrected chi connectivity index (χ2v) is 6.83. The molecule has 0 saturated carbocycles. The van der Waals surface area contributed by atoms with Crippen molar-refractivity contribution in [1.82, 2.24) is 9.80 Å². The number of amides is 1. The van der Waals surface area contributed by atoms with E-state index in [2.05, 4.69) is 16.8 Å². The summed E-state index contributed by atoms with van der Waals surface area (Å²) >= 11 is 0. The lowest BCUT2D eigenvalue weighted by Crippen LogP contribution is -2.48. The summed E-state index contributed by atoms with van der Waals surface area (Å²) in [6.07, 6.45) is 4.68. The Balaban J connectivity index is 1.50. The Morgan fingerprint density at radius 3 is 2.75 bits per heavy atom. The summed E-state index contributed by atoms with van der Waals surface area (Å²) in [6.45, 7) is 2.61. The average Bonchev–Trinajstić information content (AvgIpc) is 3.23. The molecule has 0 bridgehead atoms. The summed E-state index contributed by atoms with van der Waals surface area (Å²) < 4.78 is 10.9. The summed E-state index contributed by atoms with van der Waals surface area (Å²) in [5.74, 6) is 0.937. The molecule has 2 atom stereocenters. The maximum atomic E-state index is 12.6. The maximum absolute atomic E-state index is 12.6. The van der Waals surface area contributed by atoms with E-state index in [0.29, 0.717) is 18.7 Å². The standard InChI is InChI=1S/C19H28N2O3/c1-20-10-4-8-17(20)18-9-5-11-21(18)19(22)14-24-13-15-6-3-7-16(12-15)23-2/h3,6-7,12,17-18H,4-5,8-11,13-14H2,1-2H3/t17-,18+/m1/s1. The zero-order valence-corrected chi connectivity index (χ0v) is 14.7. The van der Waals surface area contributed by atoms with Crippen LogP contribution < -0.4 is 4.74 Å². The quantitative estimate of drug-likeness (QED) is 0.802. The van der Waals surface area contributed by atoms with E-state index in [9.17, 15) is 4.79 Å². The molecule has 1 aromatic rings. The number of carbonyl (C=O) groups is 1. The van der Waals surface area contributed by atoms with Gasteiger partial charge < -0.3 is 19.3 Å². The molecular formula is C19H28N2O3. The zero-order chi connectivity index (χ0) is 16.9. The van der Waals surface area contributed by atoms with Gasteiger partial charge in [-0.2, -0.15) is 0 Å². The van der Waals surface area contributed by atoms with Crippen molar-refractivity contribution < 1.29 is 14.3 Å². The molecule has 3 rings (SSSR count). The minimum absolute atomic E-state index is 0.126. The molecule has 2 aliphatic rings. The van der Waals surface area contributed by atoms with E-state index in [1.54, 1.807) is 7.11 Å². The van der Waals surface area contributed by atoms with Crippen molar-refractivity contribution in [2.24, 2.45) is 0 Å². The summed E-state index contributed by atoms with van der Waals surface area (Å²) in [4.78, 5) is 17.1. The SMILES string of the molecule is COc1cccc(COCC(=O)N2CCC[C@H]2[C@H]2CCCN2C)c1. The highest BCUT2D eigenvalue weighted by Crippen LogP contribution is 2.29. The van der Waals surface area contributed by atoms with Gasteiger partial charge in [0, 0.05) is 18.6 Å². The zero-order valence-electron chi connectivity index (χ0n) is 14.7. The van der Waals surface area contributed by atoms with Crippen LogP contribution in [0.15, 0.2) is 24.3 Å². The van der Waals surface area contributed by atoms with Crippen molar-refractivity contribution in [1.29, 1.82) is 0 Å². The number of carbonyl (C=O) groups excluding carboxylic acids is 1. The van der Waals surface area contributed by atoms with Gasteiger partial charge in [0.2, 0.25) is 5.91 Å². The van der Waals surface area contributed by atoms with Gasteiger partial charge in [-0.1, -0.05) is 12.1 Å². The van der Waals surface area contributed by atoms with Gasteiger partial charge in [-0.3, -0.25) is 4.79 Å². The second-order valence-electron chi connectivity index (χ2n) is 6.83. The molecule has 0 spiro atoms. The highest BCUT2D eigenvalue weighted by atomic mass is 16.5. The van der Waals surface area contributed by atoms with Crippen molar-refractivity contribution in [2.75, 3.05) is 33.9 Å². The number of ether oxygens (including phenoxy) is 2. The molecule has 24 heavy (non-hydrogen) atoms. The second kappa shape index (κ2) is 7.99. The number of likely N-dealkylation sites (N-methyl/N-ethyl adjacent to an activating group) is 1. The fraction of sp³-hybridized carbons (Fsp3) is 0.632. The van der Waals surface area contributed by atoms with Crippen LogP contribution in [0.2, 0.25) is 0 Å². The monoisotopic (exact) mass is 332 g/mol. The fourth-order valence-corrected chi connectivity index (χ4v) is 4.03. The third kappa shape index (κ3) is 3.90. The van der Waals surface area contributed by atoms with Crippen molar-refractivity contribution in [2.45, 2.75) is 44.4 Å². The van der Waals surface area contributed by atoms with Crippen LogP contribution in [-0.4, -0.2) is 61.6 Å². The highest BCUT2D eigenvalue weighted by Gasteiger charge is 2.38. The lowest BCUT2D eigenvalue weighted by atomic mass is 10.0. The third-order valence-corrected chi connectivity index (χ3v) is 5.27.